The van der Waals surface area contributed by atoms with Crippen LogP contribution in [0, 0.1) is 0 Å². The Morgan fingerprint density at radius 2 is 1.79 bits per heavy atom. The lowest BCUT2D eigenvalue weighted by atomic mass is 10.2. The molecule has 0 aliphatic carbocycles. The van der Waals surface area contributed by atoms with Crippen molar-refractivity contribution < 1.29 is 9.47 Å². The van der Waals surface area contributed by atoms with Gasteiger partial charge in [0.15, 0.2) is 0 Å². The summed E-state index contributed by atoms with van der Waals surface area (Å²) in [6, 6.07) is 17.1. The van der Waals surface area contributed by atoms with E-state index < -0.39 is 0 Å². The van der Waals surface area contributed by atoms with Gasteiger partial charge in [-0.25, -0.2) is 4.98 Å². The monoisotopic (exact) mass is 398 g/mol. The van der Waals surface area contributed by atoms with Gasteiger partial charge in [-0.05, 0) is 54.4 Å². The SMILES string of the molecule is COCCCNc1ccnc(Nc2ccc(OCc3ccc(Cl)cc3)cc2)n1. The van der Waals surface area contributed by atoms with E-state index in [1.54, 1.807) is 13.3 Å². The smallest absolute Gasteiger partial charge is 0.229 e. The van der Waals surface area contributed by atoms with Crippen LogP contribution in [-0.4, -0.2) is 30.2 Å². The minimum Gasteiger partial charge on any atom is -0.489 e. The van der Waals surface area contributed by atoms with E-state index in [0.29, 0.717) is 12.6 Å². The zero-order valence-corrected chi connectivity index (χ0v) is 16.4. The Morgan fingerprint density at radius 1 is 1.00 bits per heavy atom. The number of hydrogen-bond donors (Lipinski definition) is 2. The summed E-state index contributed by atoms with van der Waals surface area (Å²) in [6.07, 6.45) is 2.64. The predicted octanol–water partition coefficient (Wildman–Crippen LogP) is 4.90. The molecule has 0 atom stereocenters. The fourth-order valence-electron chi connectivity index (χ4n) is 2.46. The van der Waals surface area contributed by atoms with Crippen molar-refractivity contribution in [2.75, 3.05) is 30.9 Å². The van der Waals surface area contributed by atoms with Crippen LogP contribution in [0.4, 0.5) is 17.5 Å². The van der Waals surface area contributed by atoms with Gasteiger partial charge >= 0.3 is 0 Å². The van der Waals surface area contributed by atoms with Crippen molar-refractivity contribution in [3.8, 4) is 5.75 Å². The second-order valence-corrected chi connectivity index (χ2v) is 6.54. The van der Waals surface area contributed by atoms with Gasteiger partial charge in [0.1, 0.15) is 18.2 Å². The second kappa shape index (κ2) is 10.5. The molecule has 6 nitrogen and oxygen atoms in total. The number of benzene rings is 2. The molecule has 1 aromatic heterocycles. The topological polar surface area (TPSA) is 68.3 Å². The summed E-state index contributed by atoms with van der Waals surface area (Å²) in [5.74, 6) is 2.10. The first-order valence-corrected chi connectivity index (χ1v) is 9.41. The molecular formula is C21H23ClN4O2. The number of hydrogen-bond acceptors (Lipinski definition) is 6. The van der Waals surface area contributed by atoms with Crippen LogP contribution < -0.4 is 15.4 Å². The normalized spacial score (nSPS) is 10.5. The minimum absolute atomic E-state index is 0.490. The first-order valence-electron chi connectivity index (χ1n) is 9.03. The van der Waals surface area contributed by atoms with E-state index >= 15 is 0 Å². The molecule has 3 rings (SSSR count). The van der Waals surface area contributed by atoms with E-state index in [0.717, 1.165) is 47.4 Å². The van der Waals surface area contributed by atoms with E-state index in [-0.39, 0.29) is 0 Å². The van der Waals surface area contributed by atoms with E-state index in [1.807, 2.05) is 54.6 Å². The van der Waals surface area contributed by atoms with E-state index in [2.05, 4.69) is 20.6 Å². The molecule has 0 unspecified atom stereocenters. The van der Waals surface area contributed by atoms with Crippen molar-refractivity contribution in [1.82, 2.24) is 9.97 Å². The molecule has 0 aliphatic rings. The maximum atomic E-state index is 5.89. The summed E-state index contributed by atoms with van der Waals surface area (Å²) in [7, 11) is 1.70. The van der Waals surface area contributed by atoms with E-state index in [4.69, 9.17) is 21.1 Å². The van der Waals surface area contributed by atoms with Gasteiger partial charge in [-0.1, -0.05) is 23.7 Å². The van der Waals surface area contributed by atoms with Gasteiger partial charge in [-0.3, -0.25) is 0 Å². The van der Waals surface area contributed by atoms with Crippen LogP contribution in [-0.2, 0) is 11.3 Å². The summed E-state index contributed by atoms with van der Waals surface area (Å²) in [4.78, 5) is 8.71. The van der Waals surface area contributed by atoms with Crippen molar-refractivity contribution in [2.24, 2.45) is 0 Å². The molecule has 0 saturated heterocycles. The Morgan fingerprint density at radius 3 is 2.54 bits per heavy atom. The molecule has 28 heavy (non-hydrogen) atoms. The zero-order valence-electron chi connectivity index (χ0n) is 15.7. The minimum atomic E-state index is 0.490. The Balaban J connectivity index is 1.51. The number of nitrogens with zero attached hydrogens (tertiary/aromatic N) is 2. The third kappa shape index (κ3) is 6.40. The first kappa shape index (κ1) is 19.9. The largest absolute Gasteiger partial charge is 0.489 e. The van der Waals surface area contributed by atoms with Crippen molar-refractivity contribution in [3.05, 3.63) is 71.4 Å². The van der Waals surface area contributed by atoms with Crippen molar-refractivity contribution in [2.45, 2.75) is 13.0 Å². The summed E-state index contributed by atoms with van der Waals surface area (Å²) < 4.78 is 10.8. The molecule has 7 heteroatoms. The van der Waals surface area contributed by atoms with Crippen LogP contribution in [0.15, 0.2) is 60.8 Å². The Labute approximate surface area is 169 Å². The predicted molar refractivity (Wildman–Crippen MR) is 113 cm³/mol. The van der Waals surface area contributed by atoms with Crippen LogP contribution in [0.25, 0.3) is 0 Å². The maximum absolute atomic E-state index is 5.89. The van der Waals surface area contributed by atoms with Crippen molar-refractivity contribution in [1.29, 1.82) is 0 Å². The lowest BCUT2D eigenvalue weighted by molar-refractivity contribution is 0.198. The molecule has 0 aliphatic heterocycles. The van der Waals surface area contributed by atoms with Gasteiger partial charge in [-0.2, -0.15) is 4.98 Å². The third-order valence-corrected chi connectivity index (χ3v) is 4.17. The second-order valence-electron chi connectivity index (χ2n) is 6.10. The average Bonchev–Trinajstić information content (AvgIpc) is 2.72. The standard InChI is InChI=1S/C21H23ClN4O2/c1-27-14-2-12-23-20-11-13-24-21(26-20)25-18-7-9-19(10-8-18)28-15-16-3-5-17(22)6-4-16/h3-11,13H,2,12,14-15H2,1H3,(H2,23,24,25,26). The highest BCUT2D eigenvalue weighted by atomic mass is 35.5. The molecule has 0 bridgehead atoms. The lowest BCUT2D eigenvalue weighted by Gasteiger charge is -2.10. The number of nitrogens with one attached hydrogen (secondary N) is 2. The average molecular weight is 399 g/mol. The fourth-order valence-corrected chi connectivity index (χ4v) is 2.59. The van der Waals surface area contributed by atoms with Gasteiger partial charge in [0.25, 0.3) is 0 Å². The molecule has 3 aromatic rings. The number of rotatable bonds is 10. The highest BCUT2D eigenvalue weighted by Gasteiger charge is 2.02. The Bertz CT molecular complexity index is 857. The van der Waals surface area contributed by atoms with Crippen LogP contribution in [0.3, 0.4) is 0 Å². The number of halogens is 1. The molecular weight excluding hydrogens is 376 g/mol. The number of aromatic nitrogens is 2. The molecule has 2 N–H and O–H groups in total. The van der Waals surface area contributed by atoms with E-state index in [1.165, 1.54) is 0 Å². The molecule has 0 fully saturated rings. The Hall–Kier alpha value is -2.83. The number of methoxy groups -OCH3 is 1. The summed E-state index contributed by atoms with van der Waals surface area (Å²) in [5, 5.41) is 7.17. The van der Waals surface area contributed by atoms with Gasteiger partial charge in [0, 0.05) is 37.2 Å². The van der Waals surface area contributed by atoms with Gasteiger partial charge in [-0.15, -0.1) is 0 Å². The summed E-state index contributed by atoms with van der Waals surface area (Å²) >= 11 is 5.89. The van der Waals surface area contributed by atoms with Crippen LogP contribution in [0.5, 0.6) is 5.75 Å². The molecule has 0 saturated carbocycles. The van der Waals surface area contributed by atoms with Crippen LogP contribution in [0.1, 0.15) is 12.0 Å². The van der Waals surface area contributed by atoms with Gasteiger partial charge in [0.05, 0.1) is 0 Å². The van der Waals surface area contributed by atoms with Crippen LogP contribution >= 0.6 is 11.6 Å². The summed E-state index contributed by atoms with van der Waals surface area (Å²) in [6.45, 7) is 2.00. The van der Waals surface area contributed by atoms with Gasteiger partial charge in [0.2, 0.25) is 5.95 Å². The maximum Gasteiger partial charge on any atom is 0.229 e. The number of ether oxygens (including phenoxy) is 2. The lowest BCUT2D eigenvalue weighted by Crippen LogP contribution is -2.07. The highest BCUT2D eigenvalue weighted by Crippen LogP contribution is 2.20. The fraction of sp³-hybridized carbons (Fsp3) is 0.238. The molecule has 0 radical (unpaired) electrons. The van der Waals surface area contributed by atoms with Crippen LogP contribution in [0.2, 0.25) is 5.02 Å². The first-order chi connectivity index (χ1) is 13.7. The van der Waals surface area contributed by atoms with Crippen molar-refractivity contribution >= 4 is 29.1 Å². The molecule has 0 amide bonds. The van der Waals surface area contributed by atoms with Crippen molar-refractivity contribution in [3.63, 3.8) is 0 Å². The third-order valence-electron chi connectivity index (χ3n) is 3.92. The molecule has 1 heterocycles. The molecule has 2 aromatic carbocycles. The Kier molecular flexibility index (Phi) is 7.46. The highest BCUT2D eigenvalue weighted by molar-refractivity contribution is 6.30. The quantitative estimate of drug-likeness (QED) is 0.473. The molecule has 146 valence electrons. The zero-order chi connectivity index (χ0) is 19.6. The van der Waals surface area contributed by atoms with Gasteiger partial charge < -0.3 is 20.1 Å². The molecule has 0 spiro atoms. The number of anilines is 3. The van der Waals surface area contributed by atoms with E-state index in [9.17, 15) is 0 Å². The summed E-state index contributed by atoms with van der Waals surface area (Å²) in [5.41, 5.74) is 1.95.